The molecule has 94 valence electrons. The van der Waals surface area contributed by atoms with Crippen LogP contribution in [0.5, 0.6) is 5.75 Å². The summed E-state index contributed by atoms with van der Waals surface area (Å²) in [7, 11) is 4.08. The minimum absolute atomic E-state index is 0.0519. The number of hydrogen-bond donors (Lipinski definition) is 2. The van der Waals surface area contributed by atoms with E-state index in [2.05, 4.69) is 20.8 Å². The van der Waals surface area contributed by atoms with Crippen LogP contribution < -0.4 is 10.5 Å². The molecule has 1 rings (SSSR count). The second-order valence-electron chi connectivity index (χ2n) is 4.06. The van der Waals surface area contributed by atoms with Crippen LogP contribution in [0.25, 0.3) is 0 Å². The monoisotopic (exact) mass is 299 g/mol. The van der Waals surface area contributed by atoms with E-state index in [0.29, 0.717) is 12.2 Å². The highest BCUT2D eigenvalue weighted by Gasteiger charge is 2.04. The fourth-order valence-electron chi connectivity index (χ4n) is 1.37. The summed E-state index contributed by atoms with van der Waals surface area (Å²) in [6.07, 6.45) is 0.985. The maximum absolute atomic E-state index is 7.36. The first-order valence-corrected chi connectivity index (χ1v) is 6.21. The molecule has 0 amide bonds. The Morgan fingerprint density at radius 2 is 2.18 bits per heavy atom. The van der Waals surface area contributed by atoms with Crippen LogP contribution in [-0.2, 0) is 0 Å². The van der Waals surface area contributed by atoms with E-state index >= 15 is 0 Å². The number of hydrogen-bond acceptors (Lipinski definition) is 3. The van der Waals surface area contributed by atoms with E-state index in [-0.39, 0.29) is 5.84 Å². The molecule has 1 aromatic carbocycles. The number of nitrogens with one attached hydrogen (secondary N) is 1. The Kier molecular flexibility index (Phi) is 5.44. The molecule has 0 radical (unpaired) electrons. The maximum atomic E-state index is 7.36. The van der Waals surface area contributed by atoms with Crippen molar-refractivity contribution in [1.82, 2.24) is 4.90 Å². The van der Waals surface area contributed by atoms with Crippen molar-refractivity contribution in [2.24, 2.45) is 5.73 Å². The summed E-state index contributed by atoms with van der Waals surface area (Å²) in [5, 5.41) is 7.36. The SMILES string of the molecule is CN(C)CCCOc1ccc(C(=N)N)c(Br)c1. The molecule has 4 nitrogen and oxygen atoms in total. The number of rotatable bonds is 6. The fourth-order valence-corrected chi connectivity index (χ4v) is 1.95. The van der Waals surface area contributed by atoms with Gasteiger partial charge in [0, 0.05) is 16.6 Å². The van der Waals surface area contributed by atoms with Crippen molar-refractivity contribution in [3.8, 4) is 5.75 Å². The van der Waals surface area contributed by atoms with Gasteiger partial charge in [0.25, 0.3) is 0 Å². The highest BCUT2D eigenvalue weighted by molar-refractivity contribution is 9.10. The van der Waals surface area contributed by atoms with Crippen molar-refractivity contribution in [1.29, 1.82) is 5.41 Å². The fraction of sp³-hybridized carbons (Fsp3) is 0.417. The van der Waals surface area contributed by atoms with Crippen molar-refractivity contribution < 1.29 is 4.74 Å². The normalized spacial score (nSPS) is 10.6. The third-order valence-corrected chi connectivity index (χ3v) is 2.91. The Morgan fingerprint density at radius 1 is 1.47 bits per heavy atom. The number of nitrogens with zero attached hydrogens (tertiary/aromatic N) is 1. The lowest BCUT2D eigenvalue weighted by Gasteiger charge is -2.11. The molecule has 0 bridgehead atoms. The highest BCUT2D eigenvalue weighted by Crippen LogP contribution is 2.22. The average molecular weight is 300 g/mol. The lowest BCUT2D eigenvalue weighted by molar-refractivity contribution is 0.281. The molecule has 0 aliphatic rings. The van der Waals surface area contributed by atoms with Gasteiger partial charge < -0.3 is 15.4 Å². The third-order valence-electron chi connectivity index (χ3n) is 2.25. The van der Waals surface area contributed by atoms with Gasteiger partial charge in [0.05, 0.1) is 6.61 Å². The molecule has 5 heteroatoms. The summed E-state index contributed by atoms with van der Waals surface area (Å²) >= 11 is 3.37. The van der Waals surface area contributed by atoms with Crippen molar-refractivity contribution in [2.75, 3.05) is 27.2 Å². The molecule has 1 aromatic rings. The Bertz CT molecular complexity index is 393. The second-order valence-corrected chi connectivity index (χ2v) is 4.91. The first-order valence-electron chi connectivity index (χ1n) is 5.42. The van der Waals surface area contributed by atoms with Crippen molar-refractivity contribution in [2.45, 2.75) is 6.42 Å². The lowest BCUT2D eigenvalue weighted by atomic mass is 10.2. The predicted octanol–water partition coefficient (Wildman–Crippen LogP) is 2.06. The van der Waals surface area contributed by atoms with Gasteiger partial charge in [-0.1, -0.05) is 0 Å². The van der Waals surface area contributed by atoms with E-state index in [1.807, 2.05) is 26.2 Å². The summed E-state index contributed by atoms with van der Waals surface area (Å²) < 4.78 is 6.39. The maximum Gasteiger partial charge on any atom is 0.123 e. The Labute approximate surface area is 110 Å². The van der Waals surface area contributed by atoms with Crippen LogP contribution in [0, 0.1) is 5.41 Å². The van der Waals surface area contributed by atoms with Crippen LogP contribution >= 0.6 is 15.9 Å². The summed E-state index contributed by atoms with van der Waals surface area (Å²) in [4.78, 5) is 2.12. The minimum atomic E-state index is 0.0519. The highest BCUT2D eigenvalue weighted by atomic mass is 79.9. The molecule has 0 aromatic heterocycles. The standard InChI is InChI=1S/C12H18BrN3O/c1-16(2)6-3-7-17-9-4-5-10(12(14)15)11(13)8-9/h4-5,8H,3,6-7H2,1-2H3,(H3,14,15). The predicted molar refractivity (Wildman–Crippen MR) is 73.8 cm³/mol. The average Bonchev–Trinajstić information content (AvgIpc) is 2.23. The summed E-state index contributed by atoms with van der Waals surface area (Å²) in [6.45, 7) is 1.69. The van der Waals surface area contributed by atoms with Gasteiger partial charge in [-0.3, -0.25) is 5.41 Å². The molecule has 17 heavy (non-hydrogen) atoms. The second kappa shape index (κ2) is 6.61. The van der Waals surface area contributed by atoms with E-state index < -0.39 is 0 Å². The number of nitrogens with two attached hydrogens (primary N) is 1. The number of nitrogen functional groups attached to an aromatic ring is 1. The summed E-state index contributed by atoms with van der Waals surface area (Å²) in [5.41, 5.74) is 6.11. The zero-order chi connectivity index (χ0) is 12.8. The van der Waals surface area contributed by atoms with E-state index in [1.165, 1.54) is 0 Å². The van der Waals surface area contributed by atoms with Crippen LogP contribution in [0.2, 0.25) is 0 Å². The smallest absolute Gasteiger partial charge is 0.123 e. The first kappa shape index (κ1) is 14.0. The molecule has 0 saturated heterocycles. The molecule has 0 fully saturated rings. The number of benzene rings is 1. The molecule has 0 atom stereocenters. The third kappa shape index (κ3) is 4.75. The van der Waals surface area contributed by atoms with Crippen LogP contribution in [0.4, 0.5) is 0 Å². The zero-order valence-electron chi connectivity index (χ0n) is 10.2. The summed E-state index contributed by atoms with van der Waals surface area (Å²) in [6, 6.07) is 5.46. The molecule has 0 aliphatic heterocycles. The molecular formula is C12H18BrN3O. The van der Waals surface area contributed by atoms with Gasteiger partial charge in [-0.2, -0.15) is 0 Å². The Morgan fingerprint density at radius 3 is 2.71 bits per heavy atom. The Hall–Kier alpha value is -1.07. The van der Waals surface area contributed by atoms with Crippen molar-refractivity contribution in [3.63, 3.8) is 0 Å². The van der Waals surface area contributed by atoms with Gasteiger partial charge in [0.15, 0.2) is 0 Å². The number of ether oxygens (including phenoxy) is 1. The molecule has 0 unspecified atom stereocenters. The van der Waals surface area contributed by atoms with Crippen molar-refractivity contribution >= 4 is 21.8 Å². The van der Waals surface area contributed by atoms with Gasteiger partial charge in [0.2, 0.25) is 0 Å². The molecule has 0 spiro atoms. The number of amidine groups is 1. The Balaban J connectivity index is 2.50. The topological polar surface area (TPSA) is 62.3 Å². The van der Waals surface area contributed by atoms with E-state index in [9.17, 15) is 0 Å². The van der Waals surface area contributed by atoms with Gasteiger partial charge in [0.1, 0.15) is 11.6 Å². The van der Waals surface area contributed by atoms with Crippen LogP contribution in [0.3, 0.4) is 0 Å². The van der Waals surface area contributed by atoms with Crippen molar-refractivity contribution in [3.05, 3.63) is 28.2 Å². The molecule has 3 N–H and O–H groups in total. The lowest BCUT2D eigenvalue weighted by Crippen LogP contribution is -2.15. The van der Waals surface area contributed by atoms with E-state index in [1.54, 1.807) is 6.07 Å². The first-order chi connectivity index (χ1) is 8.00. The number of halogens is 1. The van der Waals surface area contributed by atoms with Gasteiger partial charge in [-0.25, -0.2) is 0 Å². The molecule has 0 aliphatic carbocycles. The van der Waals surface area contributed by atoms with Crippen LogP contribution in [0.1, 0.15) is 12.0 Å². The minimum Gasteiger partial charge on any atom is -0.494 e. The summed E-state index contributed by atoms with van der Waals surface area (Å²) in [5.74, 6) is 0.844. The quantitative estimate of drug-likeness (QED) is 0.480. The van der Waals surface area contributed by atoms with Crippen LogP contribution in [0.15, 0.2) is 22.7 Å². The van der Waals surface area contributed by atoms with Gasteiger partial charge in [-0.15, -0.1) is 0 Å². The van der Waals surface area contributed by atoms with Crippen LogP contribution in [-0.4, -0.2) is 38.0 Å². The largest absolute Gasteiger partial charge is 0.494 e. The molecular weight excluding hydrogens is 282 g/mol. The molecule has 0 heterocycles. The van der Waals surface area contributed by atoms with Gasteiger partial charge >= 0.3 is 0 Å². The van der Waals surface area contributed by atoms with E-state index in [0.717, 1.165) is 23.2 Å². The van der Waals surface area contributed by atoms with E-state index in [4.69, 9.17) is 15.9 Å². The molecule has 0 saturated carbocycles. The zero-order valence-corrected chi connectivity index (χ0v) is 11.8. The van der Waals surface area contributed by atoms with Gasteiger partial charge in [-0.05, 0) is 54.6 Å².